The Morgan fingerprint density at radius 1 is 1.70 bits per heavy atom. The van der Waals surface area contributed by atoms with Gasteiger partial charge in [-0.1, -0.05) is 17.7 Å². The summed E-state index contributed by atoms with van der Waals surface area (Å²) in [6, 6.07) is 0. The molecule has 0 radical (unpaired) electrons. The maximum absolute atomic E-state index is 10.5. The SMILES string of the molecule is COC(=O)CCC=C(C)Cl. The molecule has 0 spiro atoms. The second-order valence-electron chi connectivity index (χ2n) is 1.91. The lowest BCUT2D eigenvalue weighted by molar-refractivity contribution is -0.140. The highest BCUT2D eigenvalue weighted by Crippen LogP contribution is 2.02. The van der Waals surface area contributed by atoms with Gasteiger partial charge in [-0.25, -0.2) is 0 Å². The van der Waals surface area contributed by atoms with Crippen LogP contribution >= 0.6 is 11.6 Å². The largest absolute Gasteiger partial charge is 0.469 e. The van der Waals surface area contributed by atoms with E-state index < -0.39 is 0 Å². The van der Waals surface area contributed by atoms with Crippen molar-refractivity contribution < 1.29 is 9.53 Å². The van der Waals surface area contributed by atoms with Gasteiger partial charge in [-0.3, -0.25) is 4.79 Å². The first-order valence-electron chi connectivity index (χ1n) is 3.06. The molecule has 0 amide bonds. The van der Waals surface area contributed by atoms with E-state index in [1.165, 1.54) is 7.11 Å². The van der Waals surface area contributed by atoms with Crippen LogP contribution in [-0.4, -0.2) is 13.1 Å². The zero-order chi connectivity index (χ0) is 7.98. The first-order chi connectivity index (χ1) is 4.66. The predicted octanol–water partition coefficient (Wildman–Crippen LogP) is 2.08. The lowest BCUT2D eigenvalue weighted by Gasteiger charge is -1.93. The molecule has 0 saturated heterocycles. The molecular formula is C7H11ClO2. The number of allylic oxidation sites excluding steroid dienone is 2. The molecule has 0 heterocycles. The van der Waals surface area contributed by atoms with E-state index in [9.17, 15) is 4.79 Å². The molecule has 0 atom stereocenters. The van der Waals surface area contributed by atoms with Crippen LogP contribution in [0.3, 0.4) is 0 Å². The van der Waals surface area contributed by atoms with Gasteiger partial charge in [0.25, 0.3) is 0 Å². The van der Waals surface area contributed by atoms with Crippen molar-refractivity contribution in [1.29, 1.82) is 0 Å². The van der Waals surface area contributed by atoms with E-state index in [1.807, 2.05) is 0 Å². The zero-order valence-corrected chi connectivity index (χ0v) is 6.94. The van der Waals surface area contributed by atoms with Gasteiger partial charge in [0.2, 0.25) is 0 Å². The minimum Gasteiger partial charge on any atom is -0.469 e. The molecule has 0 aliphatic heterocycles. The molecule has 0 aliphatic carbocycles. The number of methoxy groups -OCH3 is 1. The highest BCUT2D eigenvalue weighted by atomic mass is 35.5. The van der Waals surface area contributed by atoms with Crippen molar-refractivity contribution in [3.8, 4) is 0 Å². The Morgan fingerprint density at radius 3 is 2.70 bits per heavy atom. The van der Waals surface area contributed by atoms with E-state index in [0.717, 1.165) is 0 Å². The Hall–Kier alpha value is -0.500. The Balaban J connectivity index is 3.37. The van der Waals surface area contributed by atoms with Gasteiger partial charge in [0.15, 0.2) is 0 Å². The minimum atomic E-state index is -0.200. The molecule has 0 rings (SSSR count). The highest BCUT2D eigenvalue weighted by Gasteiger charge is 1.95. The topological polar surface area (TPSA) is 26.3 Å². The monoisotopic (exact) mass is 162 g/mol. The summed E-state index contributed by atoms with van der Waals surface area (Å²) in [5, 5.41) is 0.712. The van der Waals surface area contributed by atoms with Crippen LogP contribution in [0.5, 0.6) is 0 Å². The normalized spacial score (nSPS) is 11.3. The summed E-state index contributed by atoms with van der Waals surface area (Å²) in [5.74, 6) is -0.200. The van der Waals surface area contributed by atoms with Crippen LogP contribution in [0.2, 0.25) is 0 Å². The molecule has 3 heteroatoms. The van der Waals surface area contributed by atoms with E-state index in [0.29, 0.717) is 17.9 Å². The fourth-order valence-corrected chi connectivity index (χ4v) is 0.600. The van der Waals surface area contributed by atoms with Crippen LogP contribution in [0.4, 0.5) is 0 Å². The van der Waals surface area contributed by atoms with Crippen molar-refractivity contribution in [3.63, 3.8) is 0 Å². The molecule has 0 unspecified atom stereocenters. The Bertz CT molecular complexity index is 137. The third-order valence-corrected chi connectivity index (χ3v) is 1.16. The average Bonchev–Trinajstić information content (AvgIpc) is 1.87. The summed E-state index contributed by atoms with van der Waals surface area (Å²) < 4.78 is 4.42. The fourth-order valence-electron chi connectivity index (χ4n) is 0.491. The van der Waals surface area contributed by atoms with Crippen molar-refractivity contribution in [1.82, 2.24) is 0 Å². The van der Waals surface area contributed by atoms with Crippen molar-refractivity contribution in [3.05, 3.63) is 11.1 Å². The molecule has 0 saturated carbocycles. The molecule has 10 heavy (non-hydrogen) atoms. The third-order valence-electron chi connectivity index (χ3n) is 1.00. The number of carbonyl (C=O) groups is 1. The molecule has 0 aromatic carbocycles. The maximum Gasteiger partial charge on any atom is 0.305 e. The van der Waals surface area contributed by atoms with Crippen LogP contribution in [0.25, 0.3) is 0 Å². The van der Waals surface area contributed by atoms with Crippen molar-refractivity contribution >= 4 is 17.6 Å². The van der Waals surface area contributed by atoms with Gasteiger partial charge in [-0.2, -0.15) is 0 Å². The highest BCUT2D eigenvalue weighted by molar-refractivity contribution is 6.29. The van der Waals surface area contributed by atoms with Gasteiger partial charge >= 0.3 is 5.97 Å². The smallest absolute Gasteiger partial charge is 0.305 e. The summed E-state index contributed by atoms with van der Waals surface area (Å²) in [6.07, 6.45) is 2.85. The summed E-state index contributed by atoms with van der Waals surface area (Å²) in [6.45, 7) is 1.78. The molecular weight excluding hydrogens is 152 g/mol. The lowest BCUT2D eigenvalue weighted by Crippen LogP contribution is -1.97. The van der Waals surface area contributed by atoms with Gasteiger partial charge in [-0.15, -0.1) is 0 Å². The van der Waals surface area contributed by atoms with E-state index in [-0.39, 0.29) is 5.97 Å². The van der Waals surface area contributed by atoms with E-state index in [1.54, 1.807) is 13.0 Å². The van der Waals surface area contributed by atoms with Gasteiger partial charge in [0, 0.05) is 11.5 Å². The van der Waals surface area contributed by atoms with Crippen molar-refractivity contribution in [2.24, 2.45) is 0 Å². The second-order valence-corrected chi connectivity index (χ2v) is 2.50. The second kappa shape index (κ2) is 5.30. The van der Waals surface area contributed by atoms with Crippen molar-refractivity contribution in [2.75, 3.05) is 7.11 Å². The summed E-state index contributed by atoms with van der Waals surface area (Å²) in [5.41, 5.74) is 0. The predicted molar refractivity (Wildman–Crippen MR) is 40.9 cm³/mol. The van der Waals surface area contributed by atoms with Gasteiger partial charge in [-0.05, 0) is 13.3 Å². The first kappa shape index (κ1) is 9.50. The number of rotatable bonds is 3. The van der Waals surface area contributed by atoms with Crippen LogP contribution < -0.4 is 0 Å². The quantitative estimate of drug-likeness (QED) is 0.594. The van der Waals surface area contributed by atoms with Crippen LogP contribution in [0.1, 0.15) is 19.8 Å². The molecule has 2 nitrogen and oxygen atoms in total. The summed E-state index contributed by atoms with van der Waals surface area (Å²) in [4.78, 5) is 10.5. The third kappa shape index (κ3) is 5.63. The van der Waals surface area contributed by atoms with E-state index in [2.05, 4.69) is 4.74 Å². The molecule has 0 aromatic heterocycles. The number of hydrogen-bond acceptors (Lipinski definition) is 2. The van der Waals surface area contributed by atoms with Gasteiger partial charge < -0.3 is 4.74 Å². The van der Waals surface area contributed by atoms with Crippen LogP contribution in [0, 0.1) is 0 Å². The zero-order valence-electron chi connectivity index (χ0n) is 6.19. The summed E-state index contributed by atoms with van der Waals surface area (Å²) in [7, 11) is 1.37. The molecule has 0 aliphatic rings. The number of ether oxygens (including phenoxy) is 1. The Kier molecular flexibility index (Phi) is 5.03. The number of esters is 1. The standard InChI is InChI=1S/C7H11ClO2/c1-6(8)4-3-5-7(9)10-2/h4H,3,5H2,1-2H3. The van der Waals surface area contributed by atoms with Crippen LogP contribution in [-0.2, 0) is 9.53 Å². The van der Waals surface area contributed by atoms with E-state index >= 15 is 0 Å². The average molecular weight is 163 g/mol. The van der Waals surface area contributed by atoms with Gasteiger partial charge in [0.05, 0.1) is 7.11 Å². The Morgan fingerprint density at radius 2 is 2.30 bits per heavy atom. The lowest BCUT2D eigenvalue weighted by atomic mass is 10.3. The molecule has 58 valence electrons. The molecule has 0 N–H and O–H groups in total. The molecule has 0 fully saturated rings. The molecule has 0 bridgehead atoms. The number of carbonyl (C=O) groups excluding carboxylic acids is 1. The minimum absolute atomic E-state index is 0.200. The van der Waals surface area contributed by atoms with Crippen LogP contribution in [0.15, 0.2) is 11.1 Å². The van der Waals surface area contributed by atoms with Gasteiger partial charge in [0.1, 0.15) is 0 Å². The number of halogens is 1. The van der Waals surface area contributed by atoms with Crippen molar-refractivity contribution in [2.45, 2.75) is 19.8 Å². The summed E-state index contributed by atoms with van der Waals surface area (Å²) >= 11 is 5.51. The Labute approximate surface area is 65.8 Å². The maximum atomic E-state index is 10.5. The van der Waals surface area contributed by atoms with E-state index in [4.69, 9.17) is 11.6 Å². The fraction of sp³-hybridized carbons (Fsp3) is 0.571. The number of hydrogen-bond donors (Lipinski definition) is 0. The molecule has 0 aromatic rings. The first-order valence-corrected chi connectivity index (χ1v) is 3.43.